The van der Waals surface area contributed by atoms with Gasteiger partial charge in [0.05, 0.1) is 5.69 Å². The van der Waals surface area contributed by atoms with E-state index in [0.717, 1.165) is 27.9 Å². The van der Waals surface area contributed by atoms with Gasteiger partial charge in [0.15, 0.2) is 17.5 Å². The Morgan fingerprint density at radius 2 is 1.03 bits per heavy atom. The first-order valence-electron chi connectivity index (χ1n) is 10.6. The van der Waals surface area contributed by atoms with Crippen LogP contribution >= 0.6 is 0 Å². The van der Waals surface area contributed by atoms with Crippen LogP contribution in [0.3, 0.4) is 0 Å². The van der Waals surface area contributed by atoms with Crippen LogP contribution in [0.15, 0.2) is 104 Å². The van der Waals surface area contributed by atoms with Gasteiger partial charge in [-0.15, -0.1) is 0 Å². The summed E-state index contributed by atoms with van der Waals surface area (Å²) >= 11 is 0. The van der Waals surface area contributed by atoms with Gasteiger partial charge in [0.2, 0.25) is 0 Å². The summed E-state index contributed by atoms with van der Waals surface area (Å²) in [6, 6.07) is 27.7. The second kappa shape index (κ2) is 10.2. The number of rotatable bonds is 4. The summed E-state index contributed by atoms with van der Waals surface area (Å²) in [4.78, 5) is 22.8. The number of nitrogens with zero attached hydrogens (tertiary/aromatic N) is 5. The fourth-order valence-corrected chi connectivity index (χ4v) is 3.17. The normalized spacial score (nSPS) is 10.2. The average Bonchev–Trinajstić information content (AvgIpc) is 2.91. The van der Waals surface area contributed by atoms with Crippen LogP contribution in [-0.2, 0) is 0 Å². The number of hydrogen-bond donors (Lipinski definition) is 0. The van der Waals surface area contributed by atoms with Crippen molar-refractivity contribution in [2.75, 3.05) is 0 Å². The highest BCUT2D eigenvalue weighted by Gasteiger charge is 2.12. The Labute approximate surface area is 187 Å². The van der Waals surface area contributed by atoms with Crippen LogP contribution in [-0.4, -0.2) is 24.9 Å². The lowest BCUT2D eigenvalue weighted by Crippen LogP contribution is -2.00. The van der Waals surface area contributed by atoms with Gasteiger partial charge in [0.25, 0.3) is 0 Å². The number of benzene rings is 2. The number of hydrogen-bond acceptors (Lipinski definition) is 5. The fraction of sp³-hybridized carbons (Fsp3) is 0.0741. The summed E-state index contributed by atoms with van der Waals surface area (Å²) in [6.45, 7) is 4.00. The molecule has 0 spiro atoms. The minimum atomic E-state index is 0.598. The van der Waals surface area contributed by atoms with Crippen molar-refractivity contribution >= 4 is 0 Å². The van der Waals surface area contributed by atoms with E-state index in [4.69, 9.17) is 15.0 Å². The topological polar surface area (TPSA) is 64.5 Å². The predicted molar refractivity (Wildman–Crippen MR) is 129 cm³/mol. The van der Waals surface area contributed by atoms with E-state index in [-0.39, 0.29) is 0 Å². The van der Waals surface area contributed by atoms with E-state index >= 15 is 0 Å². The Balaban J connectivity index is 0.00000119. The molecule has 0 aliphatic heterocycles. The third-order valence-electron chi connectivity index (χ3n) is 4.69. The minimum absolute atomic E-state index is 0.598. The van der Waals surface area contributed by atoms with Crippen molar-refractivity contribution in [2.24, 2.45) is 0 Å². The minimum Gasteiger partial charge on any atom is -0.264 e. The third kappa shape index (κ3) is 4.73. The molecule has 0 radical (unpaired) electrons. The molecule has 0 aliphatic rings. The molecule has 0 bridgehead atoms. The molecule has 32 heavy (non-hydrogen) atoms. The zero-order chi connectivity index (χ0) is 22.2. The molecule has 0 N–H and O–H groups in total. The molecule has 3 heterocycles. The lowest BCUT2D eigenvalue weighted by molar-refractivity contribution is 1.07. The van der Waals surface area contributed by atoms with E-state index in [1.54, 1.807) is 18.6 Å². The van der Waals surface area contributed by atoms with Crippen LogP contribution in [0, 0.1) is 0 Å². The van der Waals surface area contributed by atoms with Gasteiger partial charge in [-0.1, -0.05) is 74.5 Å². The van der Waals surface area contributed by atoms with Gasteiger partial charge in [-0.25, -0.2) is 15.0 Å². The Bertz CT molecular complexity index is 1200. The van der Waals surface area contributed by atoms with Crippen molar-refractivity contribution in [2.45, 2.75) is 13.8 Å². The second-order valence-electron chi connectivity index (χ2n) is 6.71. The van der Waals surface area contributed by atoms with Gasteiger partial charge in [-0.2, -0.15) is 0 Å². The van der Waals surface area contributed by atoms with Gasteiger partial charge in [0, 0.05) is 40.8 Å². The van der Waals surface area contributed by atoms with Gasteiger partial charge in [0.1, 0.15) is 0 Å². The summed E-state index contributed by atoms with van der Waals surface area (Å²) in [5.41, 5.74) is 4.68. The largest absolute Gasteiger partial charge is 0.264 e. The Hall–Kier alpha value is -4.25. The van der Waals surface area contributed by atoms with E-state index in [9.17, 15) is 0 Å². The molecule has 0 unspecified atom stereocenters. The SMILES string of the molecule is CC.c1ccc(-c2nc(-c3ccc(-c4ccccn4)cc3)nc(-c3cccnc3)n2)cc1. The van der Waals surface area contributed by atoms with E-state index in [1.807, 2.05) is 98.8 Å². The molecule has 5 nitrogen and oxygen atoms in total. The van der Waals surface area contributed by atoms with Crippen LogP contribution in [0.1, 0.15) is 13.8 Å². The first-order chi connectivity index (χ1) is 15.9. The quantitative estimate of drug-likeness (QED) is 0.341. The molecule has 5 aromatic rings. The summed E-state index contributed by atoms with van der Waals surface area (Å²) < 4.78 is 0. The van der Waals surface area contributed by atoms with Crippen molar-refractivity contribution in [3.8, 4) is 45.4 Å². The van der Waals surface area contributed by atoms with Crippen LogP contribution in [0.5, 0.6) is 0 Å². The molecule has 5 heteroatoms. The monoisotopic (exact) mass is 417 g/mol. The van der Waals surface area contributed by atoms with E-state index < -0.39 is 0 Å². The zero-order valence-electron chi connectivity index (χ0n) is 18.1. The Kier molecular flexibility index (Phi) is 6.68. The van der Waals surface area contributed by atoms with Crippen molar-refractivity contribution in [1.29, 1.82) is 0 Å². The fourth-order valence-electron chi connectivity index (χ4n) is 3.17. The van der Waals surface area contributed by atoms with Gasteiger partial charge in [-0.05, 0) is 24.3 Å². The van der Waals surface area contributed by atoms with E-state index in [2.05, 4.69) is 9.97 Å². The van der Waals surface area contributed by atoms with Crippen LogP contribution in [0.4, 0.5) is 0 Å². The molecule has 0 aliphatic carbocycles. The smallest absolute Gasteiger partial charge is 0.165 e. The summed E-state index contributed by atoms with van der Waals surface area (Å²) in [5.74, 6) is 1.85. The van der Waals surface area contributed by atoms with Gasteiger partial charge < -0.3 is 0 Å². The van der Waals surface area contributed by atoms with Crippen molar-refractivity contribution in [1.82, 2.24) is 24.9 Å². The molecule has 0 fully saturated rings. The van der Waals surface area contributed by atoms with Crippen molar-refractivity contribution in [3.05, 3.63) is 104 Å². The van der Waals surface area contributed by atoms with Crippen molar-refractivity contribution in [3.63, 3.8) is 0 Å². The number of aromatic nitrogens is 5. The van der Waals surface area contributed by atoms with Crippen LogP contribution in [0.2, 0.25) is 0 Å². The first kappa shape index (κ1) is 21.0. The zero-order valence-corrected chi connectivity index (χ0v) is 18.1. The highest BCUT2D eigenvalue weighted by molar-refractivity contribution is 5.68. The number of pyridine rings is 2. The first-order valence-corrected chi connectivity index (χ1v) is 10.6. The average molecular weight is 418 g/mol. The summed E-state index contributed by atoms with van der Waals surface area (Å²) in [6.07, 6.45) is 5.29. The maximum Gasteiger partial charge on any atom is 0.165 e. The summed E-state index contributed by atoms with van der Waals surface area (Å²) in [7, 11) is 0. The lowest BCUT2D eigenvalue weighted by atomic mass is 10.1. The molecule has 156 valence electrons. The highest BCUT2D eigenvalue weighted by Crippen LogP contribution is 2.26. The molecular formula is C27H23N5. The molecule has 0 saturated carbocycles. The maximum absolute atomic E-state index is 4.74. The Morgan fingerprint density at radius 1 is 0.469 bits per heavy atom. The van der Waals surface area contributed by atoms with Crippen molar-refractivity contribution < 1.29 is 0 Å². The summed E-state index contributed by atoms with van der Waals surface area (Å²) in [5, 5.41) is 0. The Morgan fingerprint density at radius 3 is 1.62 bits per heavy atom. The maximum atomic E-state index is 4.74. The lowest BCUT2D eigenvalue weighted by Gasteiger charge is -2.08. The van der Waals surface area contributed by atoms with E-state index in [1.165, 1.54) is 0 Å². The standard InChI is InChI=1S/C25H17N5.C2H6/c1-2-7-19(8-3-1)23-28-24(30-25(29-23)21-9-6-15-26-17-21)20-13-11-18(12-14-20)22-10-4-5-16-27-22;1-2/h1-17H;1-2H3. The van der Waals surface area contributed by atoms with Crippen LogP contribution in [0.25, 0.3) is 45.4 Å². The van der Waals surface area contributed by atoms with Crippen LogP contribution < -0.4 is 0 Å². The molecular weight excluding hydrogens is 394 g/mol. The predicted octanol–water partition coefficient (Wildman–Crippen LogP) is 6.36. The molecule has 0 saturated heterocycles. The highest BCUT2D eigenvalue weighted by atomic mass is 15.0. The second-order valence-corrected chi connectivity index (χ2v) is 6.71. The van der Waals surface area contributed by atoms with E-state index in [0.29, 0.717) is 17.5 Å². The molecule has 3 aromatic heterocycles. The molecule has 0 amide bonds. The van der Waals surface area contributed by atoms with Gasteiger partial charge >= 0.3 is 0 Å². The molecule has 2 aromatic carbocycles. The van der Waals surface area contributed by atoms with Gasteiger partial charge in [-0.3, -0.25) is 9.97 Å². The third-order valence-corrected chi connectivity index (χ3v) is 4.69. The molecule has 0 atom stereocenters. The molecule has 5 rings (SSSR count).